The quantitative estimate of drug-likeness (QED) is 0.886. The van der Waals surface area contributed by atoms with Gasteiger partial charge in [0, 0.05) is 16.8 Å². The van der Waals surface area contributed by atoms with E-state index in [1.54, 1.807) is 0 Å². The lowest BCUT2D eigenvalue weighted by Gasteiger charge is -2.22. The van der Waals surface area contributed by atoms with Crippen LogP contribution in [-0.2, 0) is 6.42 Å². The van der Waals surface area contributed by atoms with Gasteiger partial charge in [0.2, 0.25) is 0 Å². The molecule has 88 valence electrons. The van der Waals surface area contributed by atoms with Crippen LogP contribution < -0.4 is 5.32 Å². The van der Waals surface area contributed by atoms with Gasteiger partial charge in [-0.3, -0.25) is 0 Å². The lowest BCUT2D eigenvalue weighted by molar-refractivity contribution is 0.511. The van der Waals surface area contributed by atoms with Gasteiger partial charge in [0.25, 0.3) is 0 Å². The van der Waals surface area contributed by atoms with E-state index in [0.717, 1.165) is 24.0 Å². The Bertz CT molecular complexity index is 323. The molecule has 0 radical (unpaired) electrons. The smallest absolute Gasteiger partial charge is 0.0408 e. The van der Waals surface area contributed by atoms with E-state index in [1.807, 2.05) is 12.1 Å². The Morgan fingerprint density at radius 1 is 1.44 bits per heavy atom. The molecule has 0 amide bonds. The number of benzene rings is 1. The fraction of sp³-hybridized carbons (Fsp3) is 0.538. The first-order valence-electron chi connectivity index (χ1n) is 5.90. The number of thioether (sulfide) groups is 1. The van der Waals surface area contributed by atoms with Gasteiger partial charge in [0.15, 0.2) is 0 Å². The Balaban J connectivity index is 1.71. The summed E-state index contributed by atoms with van der Waals surface area (Å²) in [6.07, 6.45) is 3.77. The Hall–Kier alpha value is -0.180. The van der Waals surface area contributed by atoms with Crippen LogP contribution in [0, 0.1) is 0 Å². The van der Waals surface area contributed by atoms with Gasteiger partial charge >= 0.3 is 0 Å². The monoisotopic (exact) mass is 255 g/mol. The first kappa shape index (κ1) is 12.3. The third-order valence-electron chi connectivity index (χ3n) is 2.90. The maximum atomic E-state index is 5.95. The SMILES string of the molecule is Clc1cccc(CCNC2CCCSC2)c1. The number of nitrogens with one attached hydrogen (secondary N) is 1. The maximum absolute atomic E-state index is 5.95. The molecule has 0 aromatic heterocycles. The molecule has 1 aromatic rings. The zero-order chi connectivity index (χ0) is 11.2. The minimum atomic E-state index is 0.720. The van der Waals surface area contributed by atoms with E-state index in [2.05, 4.69) is 29.2 Å². The van der Waals surface area contributed by atoms with Gasteiger partial charge in [-0.2, -0.15) is 11.8 Å². The Morgan fingerprint density at radius 3 is 3.12 bits per heavy atom. The zero-order valence-electron chi connectivity index (χ0n) is 9.42. The second-order valence-corrected chi connectivity index (χ2v) is 5.83. The van der Waals surface area contributed by atoms with Crippen molar-refractivity contribution in [2.24, 2.45) is 0 Å². The molecular weight excluding hydrogens is 238 g/mol. The average Bonchev–Trinajstić information content (AvgIpc) is 2.30. The predicted octanol–water partition coefficient (Wildman–Crippen LogP) is 3.37. The van der Waals surface area contributed by atoms with Gasteiger partial charge < -0.3 is 5.32 Å². The molecule has 0 spiro atoms. The number of hydrogen-bond donors (Lipinski definition) is 1. The maximum Gasteiger partial charge on any atom is 0.0408 e. The molecule has 0 bridgehead atoms. The van der Waals surface area contributed by atoms with E-state index in [9.17, 15) is 0 Å². The summed E-state index contributed by atoms with van der Waals surface area (Å²) in [5.74, 6) is 2.61. The number of halogens is 1. The van der Waals surface area contributed by atoms with Crippen molar-refractivity contribution in [1.82, 2.24) is 5.32 Å². The van der Waals surface area contributed by atoms with Crippen LogP contribution in [0.1, 0.15) is 18.4 Å². The molecule has 1 nitrogen and oxygen atoms in total. The molecule has 1 unspecified atom stereocenters. The third kappa shape index (κ3) is 4.00. The second kappa shape index (κ2) is 6.53. The number of rotatable bonds is 4. The van der Waals surface area contributed by atoms with Crippen molar-refractivity contribution in [3.8, 4) is 0 Å². The van der Waals surface area contributed by atoms with Crippen molar-refractivity contribution in [2.75, 3.05) is 18.1 Å². The van der Waals surface area contributed by atoms with Gasteiger partial charge in [-0.05, 0) is 49.3 Å². The van der Waals surface area contributed by atoms with E-state index >= 15 is 0 Å². The van der Waals surface area contributed by atoms with Gasteiger partial charge in [0.05, 0.1) is 0 Å². The van der Waals surface area contributed by atoms with E-state index in [4.69, 9.17) is 11.6 Å². The minimum absolute atomic E-state index is 0.720. The molecule has 1 fully saturated rings. The minimum Gasteiger partial charge on any atom is -0.313 e. The summed E-state index contributed by atoms with van der Waals surface area (Å²) < 4.78 is 0. The van der Waals surface area contributed by atoms with Crippen LogP contribution in [0.5, 0.6) is 0 Å². The molecule has 2 rings (SSSR count). The van der Waals surface area contributed by atoms with Crippen molar-refractivity contribution in [1.29, 1.82) is 0 Å². The molecule has 0 saturated carbocycles. The first-order chi connectivity index (χ1) is 7.84. The lowest BCUT2D eigenvalue weighted by atomic mass is 10.1. The van der Waals surface area contributed by atoms with Crippen molar-refractivity contribution in [3.63, 3.8) is 0 Å². The van der Waals surface area contributed by atoms with E-state index in [-0.39, 0.29) is 0 Å². The van der Waals surface area contributed by atoms with Crippen LogP contribution in [0.2, 0.25) is 5.02 Å². The molecule has 3 heteroatoms. The highest BCUT2D eigenvalue weighted by Gasteiger charge is 2.12. The topological polar surface area (TPSA) is 12.0 Å². The summed E-state index contributed by atoms with van der Waals surface area (Å²) in [5.41, 5.74) is 1.32. The van der Waals surface area contributed by atoms with Crippen LogP contribution in [0.15, 0.2) is 24.3 Å². The molecule has 1 aromatic carbocycles. The third-order valence-corrected chi connectivity index (χ3v) is 4.35. The van der Waals surface area contributed by atoms with Gasteiger partial charge in [-0.25, -0.2) is 0 Å². The van der Waals surface area contributed by atoms with Crippen LogP contribution in [0.25, 0.3) is 0 Å². The normalized spacial score (nSPS) is 20.9. The molecule has 16 heavy (non-hydrogen) atoms. The molecular formula is C13H18ClNS. The summed E-state index contributed by atoms with van der Waals surface area (Å²) in [4.78, 5) is 0. The summed E-state index contributed by atoms with van der Waals surface area (Å²) in [6.45, 7) is 1.06. The average molecular weight is 256 g/mol. The standard InChI is InChI=1S/C13H18ClNS/c14-12-4-1-3-11(9-12)6-7-15-13-5-2-8-16-10-13/h1,3-4,9,13,15H,2,5-8,10H2. The van der Waals surface area contributed by atoms with Gasteiger partial charge in [-0.1, -0.05) is 23.7 Å². The highest BCUT2D eigenvalue weighted by Crippen LogP contribution is 2.17. The number of hydrogen-bond acceptors (Lipinski definition) is 2. The van der Waals surface area contributed by atoms with Gasteiger partial charge in [-0.15, -0.1) is 0 Å². The largest absolute Gasteiger partial charge is 0.313 e. The van der Waals surface area contributed by atoms with Crippen molar-refractivity contribution in [3.05, 3.63) is 34.9 Å². The molecule has 1 saturated heterocycles. The van der Waals surface area contributed by atoms with Crippen LogP contribution in [0.3, 0.4) is 0 Å². The van der Waals surface area contributed by atoms with Crippen molar-refractivity contribution in [2.45, 2.75) is 25.3 Å². The summed E-state index contributed by atoms with van der Waals surface area (Å²) in [7, 11) is 0. The molecule has 1 N–H and O–H groups in total. The molecule has 0 aliphatic carbocycles. The van der Waals surface area contributed by atoms with Gasteiger partial charge in [0.1, 0.15) is 0 Å². The van der Waals surface area contributed by atoms with E-state index in [1.165, 1.54) is 29.9 Å². The molecule has 1 heterocycles. The first-order valence-corrected chi connectivity index (χ1v) is 7.43. The van der Waals surface area contributed by atoms with Crippen LogP contribution >= 0.6 is 23.4 Å². The highest BCUT2D eigenvalue weighted by atomic mass is 35.5. The molecule has 1 aliphatic rings. The van der Waals surface area contributed by atoms with Crippen LogP contribution in [0.4, 0.5) is 0 Å². The predicted molar refractivity (Wildman–Crippen MR) is 73.5 cm³/mol. The summed E-state index contributed by atoms with van der Waals surface area (Å²) in [5, 5.41) is 4.46. The van der Waals surface area contributed by atoms with Crippen molar-refractivity contribution < 1.29 is 0 Å². The fourth-order valence-corrected chi connectivity index (χ4v) is 3.33. The summed E-state index contributed by atoms with van der Waals surface area (Å²) in [6, 6.07) is 8.87. The van der Waals surface area contributed by atoms with E-state index < -0.39 is 0 Å². The molecule has 1 atom stereocenters. The Labute approximate surface area is 107 Å². The Kier molecular flexibility index (Phi) is 5.01. The zero-order valence-corrected chi connectivity index (χ0v) is 11.0. The fourth-order valence-electron chi connectivity index (χ4n) is 2.01. The van der Waals surface area contributed by atoms with Crippen LogP contribution in [-0.4, -0.2) is 24.1 Å². The van der Waals surface area contributed by atoms with E-state index in [0.29, 0.717) is 0 Å². The highest BCUT2D eigenvalue weighted by molar-refractivity contribution is 7.99. The summed E-state index contributed by atoms with van der Waals surface area (Å²) >= 11 is 8.02. The Morgan fingerprint density at radius 2 is 2.38 bits per heavy atom. The second-order valence-electron chi connectivity index (χ2n) is 4.25. The van der Waals surface area contributed by atoms with Crippen molar-refractivity contribution >= 4 is 23.4 Å². The molecule has 1 aliphatic heterocycles. The lowest BCUT2D eigenvalue weighted by Crippen LogP contribution is -2.35.